The van der Waals surface area contributed by atoms with E-state index in [1.165, 1.54) is 26.0 Å². The Kier molecular flexibility index (Phi) is 2.11. The third-order valence-electron chi connectivity index (χ3n) is 3.72. The quantitative estimate of drug-likeness (QED) is 0.774. The van der Waals surface area contributed by atoms with Crippen LogP contribution in [0.25, 0.3) is 0 Å². The van der Waals surface area contributed by atoms with Crippen LogP contribution >= 0.6 is 0 Å². The number of carbonyl (C=O) groups excluding carboxylic acids is 2. The van der Waals surface area contributed by atoms with Crippen LogP contribution in [0.1, 0.15) is 29.8 Å². The minimum atomic E-state index is -2.35. The molecule has 0 saturated heterocycles. The molecule has 1 aromatic rings. The summed E-state index contributed by atoms with van der Waals surface area (Å²) in [6.07, 6.45) is 0. The van der Waals surface area contributed by atoms with Gasteiger partial charge >= 0.3 is 0 Å². The van der Waals surface area contributed by atoms with E-state index in [1.54, 1.807) is 12.1 Å². The van der Waals surface area contributed by atoms with Crippen LogP contribution in [0.2, 0.25) is 0 Å². The summed E-state index contributed by atoms with van der Waals surface area (Å²) in [5, 5.41) is 21.3. The fourth-order valence-corrected chi connectivity index (χ4v) is 2.96. The molecule has 0 amide bonds. The van der Waals surface area contributed by atoms with E-state index in [1.807, 2.05) is 0 Å². The highest BCUT2D eigenvalue weighted by atomic mass is 16.7. The zero-order chi connectivity index (χ0) is 14.0. The average Bonchev–Trinajstić information content (AvgIpc) is 2.65. The molecule has 0 aromatic heterocycles. The van der Waals surface area contributed by atoms with Crippen LogP contribution in [-0.2, 0) is 15.3 Å². The van der Waals surface area contributed by atoms with E-state index >= 15 is 0 Å². The third-order valence-corrected chi connectivity index (χ3v) is 3.72. The summed E-state index contributed by atoms with van der Waals surface area (Å²) in [5.74, 6) is -3.36. The Morgan fingerprint density at radius 2 is 1.89 bits per heavy atom. The number of hydrogen-bond donors (Lipinski definition) is 2. The molecule has 2 atom stereocenters. The number of rotatable bonds is 1. The Morgan fingerprint density at radius 1 is 1.26 bits per heavy atom. The molecule has 0 saturated carbocycles. The molecule has 3 rings (SSSR count). The number of allylic oxidation sites excluding steroid dienone is 1. The van der Waals surface area contributed by atoms with E-state index in [9.17, 15) is 19.8 Å². The highest BCUT2D eigenvalue weighted by Gasteiger charge is 2.71. The lowest BCUT2D eigenvalue weighted by Gasteiger charge is -2.30. The minimum Gasteiger partial charge on any atom is -0.458 e. The standard InChI is InChI=1S/C14H12O5/c1-7(15)11-8(2)19-14(18)10-6-4-3-5-9(10)12(16)13(11,14)17/h3-6,17-18H,1-2H3/t13-,14-/m1/s1. The number of ether oxygens (including phenoxy) is 1. The largest absolute Gasteiger partial charge is 0.458 e. The van der Waals surface area contributed by atoms with E-state index in [0.717, 1.165) is 0 Å². The maximum Gasteiger partial charge on any atom is 0.276 e. The molecular weight excluding hydrogens is 248 g/mol. The lowest BCUT2D eigenvalue weighted by Crippen LogP contribution is -2.52. The average molecular weight is 260 g/mol. The monoisotopic (exact) mass is 260 g/mol. The van der Waals surface area contributed by atoms with E-state index in [4.69, 9.17) is 4.74 Å². The molecular formula is C14H12O5. The topological polar surface area (TPSA) is 83.8 Å². The Morgan fingerprint density at radius 3 is 2.53 bits per heavy atom. The Bertz CT molecular complexity index is 660. The number of hydrogen-bond acceptors (Lipinski definition) is 5. The van der Waals surface area contributed by atoms with Crippen LogP contribution in [0.5, 0.6) is 0 Å². The van der Waals surface area contributed by atoms with Crippen LogP contribution in [0.4, 0.5) is 0 Å². The van der Waals surface area contributed by atoms with Crippen LogP contribution in [0.15, 0.2) is 35.6 Å². The molecule has 0 radical (unpaired) electrons. The highest BCUT2D eigenvalue weighted by molar-refractivity contribution is 6.16. The van der Waals surface area contributed by atoms with Gasteiger partial charge in [-0.1, -0.05) is 24.3 Å². The van der Waals surface area contributed by atoms with Gasteiger partial charge in [0.2, 0.25) is 11.4 Å². The molecule has 5 heteroatoms. The molecule has 0 unspecified atom stereocenters. The van der Waals surface area contributed by atoms with E-state index in [2.05, 4.69) is 0 Å². The lowest BCUT2D eigenvalue weighted by molar-refractivity contribution is -0.235. The molecule has 1 aliphatic heterocycles. The van der Waals surface area contributed by atoms with Gasteiger partial charge in [0.1, 0.15) is 5.76 Å². The summed E-state index contributed by atoms with van der Waals surface area (Å²) in [5.41, 5.74) is -2.19. The van der Waals surface area contributed by atoms with Gasteiger partial charge in [-0.2, -0.15) is 0 Å². The van der Waals surface area contributed by atoms with Crippen molar-refractivity contribution < 1.29 is 24.5 Å². The second-order valence-electron chi connectivity index (χ2n) is 4.82. The number of benzene rings is 1. The van der Waals surface area contributed by atoms with Gasteiger partial charge in [-0.15, -0.1) is 0 Å². The van der Waals surface area contributed by atoms with Crippen molar-refractivity contribution in [1.82, 2.24) is 0 Å². The Balaban J connectivity index is 2.33. The summed E-state index contributed by atoms with van der Waals surface area (Å²) < 4.78 is 5.29. The molecule has 1 heterocycles. The summed E-state index contributed by atoms with van der Waals surface area (Å²) in [6, 6.07) is 6.23. The molecule has 98 valence electrons. The highest BCUT2D eigenvalue weighted by Crippen LogP contribution is 2.54. The van der Waals surface area contributed by atoms with Gasteiger partial charge in [-0.3, -0.25) is 9.59 Å². The maximum atomic E-state index is 12.4. The first-order valence-corrected chi connectivity index (χ1v) is 5.84. The molecule has 1 aromatic carbocycles. The van der Waals surface area contributed by atoms with E-state index in [-0.39, 0.29) is 22.5 Å². The molecule has 2 aliphatic rings. The van der Waals surface area contributed by atoms with Crippen molar-refractivity contribution in [3.8, 4) is 0 Å². The number of aliphatic hydroxyl groups is 2. The van der Waals surface area contributed by atoms with Crippen molar-refractivity contribution in [3.63, 3.8) is 0 Å². The van der Waals surface area contributed by atoms with Crippen molar-refractivity contribution >= 4 is 11.6 Å². The minimum absolute atomic E-state index is 0.0698. The molecule has 2 N–H and O–H groups in total. The smallest absolute Gasteiger partial charge is 0.276 e. The second kappa shape index (κ2) is 3.31. The third kappa shape index (κ3) is 1.12. The van der Waals surface area contributed by atoms with Gasteiger partial charge in [0.15, 0.2) is 5.78 Å². The van der Waals surface area contributed by atoms with E-state index in [0.29, 0.717) is 0 Å². The van der Waals surface area contributed by atoms with Crippen molar-refractivity contribution in [2.75, 3.05) is 0 Å². The van der Waals surface area contributed by atoms with Crippen molar-refractivity contribution in [2.45, 2.75) is 25.2 Å². The first-order valence-electron chi connectivity index (χ1n) is 5.84. The molecule has 0 bridgehead atoms. The fraction of sp³-hybridized carbons (Fsp3) is 0.286. The predicted molar refractivity (Wildman–Crippen MR) is 64.1 cm³/mol. The molecule has 1 aliphatic carbocycles. The van der Waals surface area contributed by atoms with Gasteiger partial charge in [0.05, 0.1) is 5.57 Å². The van der Waals surface area contributed by atoms with Crippen LogP contribution < -0.4 is 0 Å². The second-order valence-corrected chi connectivity index (χ2v) is 4.82. The maximum absolute atomic E-state index is 12.4. The SMILES string of the molecule is CC(=O)C1=C(C)O[C@]2(O)c3ccccc3C(=O)[C@]12O. The normalized spacial score (nSPS) is 32.1. The number of ketones is 2. The molecule has 19 heavy (non-hydrogen) atoms. The number of carbonyl (C=O) groups is 2. The van der Waals surface area contributed by atoms with Gasteiger partial charge in [-0.25, -0.2) is 0 Å². The van der Waals surface area contributed by atoms with Crippen LogP contribution in [0.3, 0.4) is 0 Å². The summed E-state index contributed by atoms with van der Waals surface area (Å²) in [6.45, 7) is 2.67. The first-order chi connectivity index (χ1) is 8.84. The van der Waals surface area contributed by atoms with Crippen LogP contribution in [0, 0.1) is 0 Å². The fourth-order valence-electron chi connectivity index (χ4n) is 2.96. The lowest BCUT2D eigenvalue weighted by atomic mass is 9.84. The van der Waals surface area contributed by atoms with Crippen molar-refractivity contribution in [3.05, 3.63) is 46.7 Å². The van der Waals surface area contributed by atoms with Crippen LogP contribution in [-0.4, -0.2) is 27.4 Å². The Hall–Kier alpha value is -1.98. The summed E-state index contributed by atoms with van der Waals surface area (Å²) in [7, 11) is 0. The number of Topliss-reactive ketones (excluding diaryl/α,β-unsaturated/α-hetero) is 2. The zero-order valence-corrected chi connectivity index (χ0v) is 10.4. The first kappa shape index (κ1) is 12.1. The molecule has 0 spiro atoms. The Labute approximate surface area is 109 Å². The van der Waals surface area contributed by atoms with Gasteiger partial charge < -0.3 is 14.9 Å². The van der Waals surface area contributed by atoms with Gasteiger partial charge in [0, 0.05) is 11.1 Å². The van der Waals surface area contributed by atoms with E-state index < -0.39 is 23.0 Å². The van der Waals surface area contributed by atoms with Crippen molar-refractivity contribution in [2.24, 2.45) is 0 Å². The van der Waals surface area contributed by atoms with Gasteiger partial charge in [-0.05, 0) is 13.8 Å². The van der Waals surface area contributed by atoms with Crippen molar-refractivity contribution in [1.29, 1.82) is 0 Å². The predicted octanol–water partition coefficient (Wildman–Crippen LogP) is 0.652. The zero-order valence-electron chi connectivity index (χ0n) is 10.4. The molecule has 0 fully saturated rings. The number of fused-ring (bicyclic) bond motifs is 3. The summed E-state index contributed by atoms with van der Waals surface area (Å²) in [4.78, 5) is 24.1. The summed E-state index contributed by atoms with van der Waals surface area (Å²) >= 11 is 0. The van der Waals surface area contributed by atoms with Gasteiger partial charge in [0.25, 0.3) is 5.79 Å². The molecule has 5 nitrogen and oxygen atoms in total.